The van der Waals surface area contributed by atoms with Crippen molar-refractivity contribution in [3.63, 3.8) is 0 Å². The number of rotatable bonds is 8. The summed E-state index contributed by atoms with van der Waals surface area (Å²) in [6.45, 7) is 6.00. The van der Waals surface area contributed by atoms with Crippen LogP contribution in [-0.4, -0.2) is 66.3 Å². The van der Waals surface area contributed by atoms with Crippen LogP contribution in [0.4, 0.5) is 5.69 Å². The summed E-state index contributed by atoms with van der Waals surface area (Å²) in [6, 6.07) is 16.2. The molecule has 50 heavy (non-hydrogen) atoms. The van der Waals surface area contributed by atoms with Crippen molar-refractivity contribution in [3.05, 3.63) is 88.5 Å². The SMILES string of the molecule is COC(=O)CC1Oc2ccc([C@H]3Oc4cc(O)cc(O)c4[C@H](c4c(/N=C/c5cccc(C(C)(C)C)c5O)cc(OC)cc4OC)[C@H]3O)cc2O1. The highest BCUT2D eigenvalue weighted by Gasteiger charge is 2.44. The molecule has 0 saturated heterocycles. The predicted octanol–water partition coefficient (Wildman–Crippen LogP) is 6.16. The molecule has 12 nitrogen and oxygen atoms in total. The molecule has 4 N–H and O–H groups in total. The number of aliphatic hydroxyl groups is 1. The first-order valence-corrected chi connectivity index (χ1v) is 15.9. The number of fused-ring (bicyclic) bond motifs is 2. The van der Waals surface area contributed by atoms with Crippen LogP contribution in [0, 0.1) is 0 Å². The molecule has 0 aliphatic carbocycles. The van der Waals surface area contributed by atoms with E-state index in [2.05, 4.69) is 0 Å². The minimum Gasteiger partial charge on any atom is -0.508 e. The van der Waals surface area contributed by atoms with Crippen LogP contribution < -0.4 is 23.7 Å². The molecular formula is C38H39NO11. The summed E-state index contributed by atoms with van der Waals surface area (Å²) in [5.74, 6) is -0.456. The number of aliphatic hydroxyl groups excluding tert-OH is 1. The second-order valence-electron chi connectivity index (χ2n) is 13.0. The maximum atomic E-state index is 12.2. The topological polar surface area (TPSA) is 166 Å². The summed E-state index contributed by atoms with van der Waals surface area (Å²) in [5, 5.41) is 45.1. The van der Waals surface area contributed by atoms with Crippen LogP contribution in [0.2, 0.25) is 0 Å². The van der Waals surface area contributed by atoms with Gasteiger partial charge < -0.3 is 48.8 Å². The number of para-hydroxylation sites is 1. The standard InChI is InChI=1S/C38H39NO11/c1-38(2,3)23-9-7-8-20(35(23)43)18-39-24-15-22(45-4)16-28(46-5)32(24)34-33-25(41)13-21(40)14-29(33)50-37(36(34)44)19-10-11-26-27(12-19)49-31(48-26)17-30(42)47-6/h7-16,18,31,34,36-37,40-41,43-44H,17H2,1-6H3/b39-18+/t31?,34-,36+,37+/m0/s1. The van der Waals surface area contributed by atoms with Gasteiger partial charge in [-0.2, -0.15) is 0 Å². The van der Waals surface area contributed by atoms with E-state index in [1.54, 1.807) is 36.4 Å². The van der Waals surface area contributed by atoms with Crippen LogP contribution in [-0.2, 0) is 14.9 Å². The number of phenolic OH excluding ortho intramolecular Hbond substituents is 3. The molecule has 0 saturated carbocycles. The Hall–Kier alpha value is -5.62. The molecule has 1 unspecified atom stereocenters. The Morgan fingerprint density at radius 1 is 0.880 bits per heavy atom. The van der Waals surface area contributed by atoms with Crippen molar-refractivity contribution in [1.82, 2.24) is 0 Å². The summed E-state index contributed by atoms with van der Waals surface area (Å²) >= 11 is 0. The average molecular weight is 686 g/mol. The van der Waals surface area contributed by atoms with Gasteiger partial charge in [-0.15, -0.1) is 0 Å². The minimum atomic E-state index is -1.36. The van der Waals surface area contributed by atoms with E-state index in [4.69, 9.17) is 33.4 Å². The molecule has 0 aromatic heterocycles. The number of aliphatic imine (C=N–C) groups is 1. The monoisotopic (exact) mass is 685 g/mol. The fourth-order valence-corrected chi connectivity index (χ4v) is 6.34. The molecule has 12 heteroatoms. The normalized spacial score (nSPS) is 19.5. The van der Waals surface area contributed by atoms with E-state index in [0.29, 0.717) is 45.4 Å². The highest BCUT2D eigenvalue weighted by atomic mass is 16.7. The number of ether oxygens (including phenoxy) is 6. The highest BCUT2D eigenvalue weighted by Crippen LogP contribution is 2.55. The van der Waals surface area contributed by atoms with Gasteiger partial charge in [0.05, 0.1) is 32.9 Å². The Kier molecular flexibility index (Phi) is 9.15. The number of carbonyl (C=O) groups excluding carboxylic acids is 1. The molecule has 2 aliphatic rings. The van der Waals surface area contributed by atoms with Crippen LogP contribution in [0.15, 0.2) is 65.7 Å². The lowest BCUT2D eigenvalue weighted by Crippen LogP contribution is -2.35. The number of esters is 1. The Morgan fingerprint density at radius 3 is 2.34 bits per heavy atom. The third-order valence-electron chi connectivity index (χ3n) is 8.77. The smallest absolute Gasteiger partial charge is 0.313 e. The molecular weight excluding hydrogens is 646 g/mol. The second-order valence-corrected chi connectivity index (χ2v) is 13.0. The molecule has 0 bridgehead atoms. The van der Waals surface area contributed by atoms with E-state index < -0.39 is 30.4 Å². The van der Waals surface area contributed by atoms with Crippen molar-refractivity contribution in [2.75, 3.05) is 21.3 Å². The molecule has 0 amide bonds. The van der Waals surface area contributed by atoms with Gasteiger partial charge in [0, 0.05) is 47.2 Å². The summed E-state index contributed by atoms with van der Waals surface area (Å²) in [6.07, 6.45) is -1.92. The van der Waals surface area contributed by atoms with Crippen molar-refractivity contribution in [2.45, 2.75) is 57.0 Å². The van der Waals surface area contributed by atoms with Crippen LogP contribution in [0.25, 0.3) is 0 Å². The van der Waals surface area contributed by atoms with E-state index in [1.165, 1.54) is 39.7 Å². The molecule has 0 fully saturated rings. The first kappa shape index (κ1) is 34.3. The molecule has 6 rings (SSSR count). The van der Waals surface area contributed by atoms with Crippen molar-refractivity contribution in [3.8, 4) is 46.0 Å². The van der Waals surface area contributed by atoms with Crippen LogP contribution in [0.3, 0.4) is 0 Å². The Balaban J connectivity index is 1.48. The van der Waals surface area contributed by atoms with Crippen LogP contribution in [0.1, 0.15) is 67.0 Å². The number of phenols is 3. The number of benzene rings is 4. The van der Waals surface area contributed by atoms with Gasteiger partial charge in [-0.3, -0.25) is 9.79 Å². The first-order valence-electron chi connectivity index (χ1n) is 15.9. The molecule has 2 aliphatic heterocycles. The van der Waals surface area contributed by atoms with Gasteiger partial charge in [0.1, 0.15) is 47.0 Å². The zero-order valence-corrected chi connectivity index (χ0v) is 28.5. The number of hydrogen-bond donors (Lipinski definition) is 4. The quantitative estimate of drug-likeness (QED) is 0.124. The summed E-state index contributed by atoms with van der Waals surface area (Å²) < 4.78 is 34.0. The summed E-state index contributed by atoms with van der Waals surface area (Å²) in [5.41, 5.74) is 2.27. The van der Waals surface area contributed by atoms with Gasteiger partial charge in [0.25, 0.3) is 6.29 Å². The lowest BCUT2D eigenvalue weighted by Gasteiger charge is -2.38. The lowest BCUT2D eigenvalue weighted by atomic mass is 9.78. The minimum absolute atomic E-state index is 0.0847. The van der Waals surface area contributed by atoms with E-state index >= 15 is 0 Å². The number of aromatic hydroxyl groups is 3. The highest BCUT2D eigenvalue weighted by molar-refractivity contribution is 5.87. The molecule has 4 aromatic carbocycles. The lowest BCUT2D eigenvalue weighted by molar-refractivity contribution is -0.145. The molecule has 4 aromatic rings. The van der Waals surface area contributed by atoms with Gasteiger partial charge in [-0.1, -0.05) is 39.0 Å². The fraction of sp³-hybridized carbons (Fsp3) is 0.316. The zero-order valence-electron chi connectivity index (χ0n) is 28.5. The number of hydrogen-bond acceptors (Lipinski definition) is 12. The van der Waals surface area contributed by atoms with Crippen LogP contribution in [0.5, 0.6) is 46.0 Å². The van der Waals surface area contributed by atoms with Crippen molar-refractivity contribution in [1.29, 1.82) is 0 Å². The molecule has 0 radical (unpaired) electrons. The molecule has 2 heterocycles. The maximum Gasteiger partial charge on any atom is 0.313 e. The zero-order chi connectivity index (χ0) is 35.9. The summed E-state index contributed by atoms with van der Waals surface area (Å²) in [4.78, 5) is 16.6. The van der Waals surface area contributed by atoms with Gasteiger partial charge in [-0.05, 0) is 34.7 Å². The largest absolute Gasteiger partial charge is 0.508 e. The Bertz CT molecular complexity index is 1970. The fourth-order valence-electron chi connectivity index (χ4n) is 6.34. The van der Waals surface area contributed by atoms with Crippen LogP contribution >= 0.6 is 0 Å². The van der Waals surface area contributed by atoms with E-state index in [1.807, 2.05) is 32.9 Å². The molecule has 262 valence electrons. The number of carbonyl (C=O) groups is 1. The Morgan fingerprint density at radius 2 is 1.64 bits per heavy atom. The number of nitrogens with zero attached hydrogens (tertiary/aromatic N) is 1. The second kappa shape index (κ2) is 13.4. The van der Waals surface area contributed by atoms with E-state index in [-0.39, 0.29) is 40.4 Å². The Labute approximate surface area is 289 Å². The van der Waals surface area contributed by atoms with Gasteiger partial charge in [0.2, 0.25) is 0 Å². The summed E-state index contributed by atoms with van der Waals surface area (Å²) in [7, 11) is 4.24. The van der Waals surface area contributed by atoms with E-state index in [0.717, 1.165) is 5.56 Å². The molecule has 4 atom stereocenters. The number of methoxy groups -OCH3 is 3. The first-order chi connectivity index (χ1) is 23.8. The van der Waals surface area contributed by atoms with Gasteiger partial charge in [-0.25, -0.2) is 0 Å². The van der Waals surface area contributed by atoms with Gasteiger partial charge >= 0.3 is 5.97 Å². The molecule has 0 spiro atoms. The van der Waals surface area contributed by atoms with E-state index in [9.17, 15) is 25.2 Å². The van der Waals surface area contributed by atoms with Crippen molar-refractivity contribution < 1.29 is 53.6 Å². The van der Waals surface area contributed by atoms with Crippen molar-refractivity contribution in [2.24, 2.45) is 4.99 Å². The predicted molar refractivity (Wildman–Crippen MR) is 183 cm³/mol. The van der Waals surface area contributed by atoms with Gasteiger partial charge in [0.15, 0.2) is 17.6 Å². The third-order valence-corrected chi connectivity index (χ3v) is 8.77. The third kappa shape index (κ3) is 6.41. The average Bonchev–Trinajstić information content (AvgIpc) is 3.48. The maximum absolute atomic E-state index is 12.2. The van der Waals surface area contributed by atoms with Crippen molar-refractivity contribution >= 4 is 17.9 Å².